The van der Waals surface area contributed by atoms with E-state index in [1.807, 2.05) is 16.8 Å². The molecule has 0 bridgehead atoms. The van der Waals surface area contributed by atoms with E-state index < -0.39 is 0 Å². The van der Waals surface area contributed by atoms with Crippen LogP contribution >= 0.6 is 0 Å². The number of fused-ring (bicyclic) bond motifs is 1. The highest BCUT2D eigenvalue weighted by Crippen LogP contribution is 2.38. The Kier molecular flexibility index (Phi) is 6.06. The quantitative estimate of drug-likeness (QED) is 0.645. The fraction of sp³-hybridized carbons (Fsp3) is 0.500. The first-order valence-electron chi connectivity index (χ1n) is 12.2. The zero-order chi connectivity index (χ0) is 22.9. The van der Waals surface area contributed by atoms with E-state index in [0.717, 1.165) is 55.7 Å². The van der Waals surface area contributed by atoms with E-state index in [0.29, 0.717) is 17.8 Å². The number of aromatic nitrogens is 3. The maximum Gasteiger partial charge on any atom is 0.252 e. The molecule has 2 fully saturated rings. The molecule has 1 aromatic carbocycles. The van der Waals surface area contributed by atoms with Crippen LogP contribution in [0.25, 0.3) is 11.0 Å². The molecule has 1 saturated carbocycles. The zero-order valence-electron chi connectivity index (χ0n) is 19.9. The summed E-state index contributed by atoms with van der Waals surface area (Å²) in [5.41, 5.74) is 2.92. The van der Waals surface area contributed by atoms with Crippen LogP contribution in [0.2, 0.25) is 0 Å². The van der Waals surface area contributed by atoms with Crippen LogP contribution in [0.1, 0.15) is 39.2 Å². The predicted molar refractivity (Wildman–Crippen MR) is 134 cm³/mol. The molecule has 1 aliphatic carbocycles. The van der Waals surface area contributed by atoms with E-state index in [4.69, 9.17) is 4.98 Å². The second-order valence-corrected chi connectivity index (χ2v) is 9.85. The molecule has 2 aromatic heterocycles. The SMILES string of the molecule is CC1CCCC(C)C1n1c(=O)ccc2cnc(Nc3ccc(N4CCN(C)CC4)cc3)nc21. The lowest BCUT2D eigenvalue weighted by Crippen LogP contribution is -2.44. The third kappa shape index (κ3) is 4.47. The van der Waals surface area contributed by atoms with Gasteiger partial charge in [0.15, 0.2) is 0 Å². The van der Waals surface area contributed by atoms with Gasteiger partial charge in [0.25, 0.3) is 5.56 Å². The minimum absolute atomic E-state index is 0.0225. The van der Waals surface area contributed by atoms with E-state index in [1.54, 1.807) is 6.07 Å². The highest BCUT2D eigenvalue weighted by Gasteiger charge is 2.31. The Labute approximate surface area is 195 Å². The Morgan fingerprint density at radius 2 is 1.64 bits per heavy atom. The van der Waals surface area contributed by atoms with Gasteiger partial charge < -0.3 is 15.1 Å². The van der Waals surface area contributed by atoms with Gasteiger partial charge in [0.05, 0.1) is 0 Å². The van der Waals surface area contributed by atoms with Crippen molar-refractivity contribution in [2.45, 2.75) is 39.2 Å². The molecular formula is C26H34N6O. The monoisotopic (exact) mass is 446 g/mol. The minimum atomic E-state index is 0.0225. The van der Waals surface area contributed by atoms with E-state index in [9.17, 15) is 4.79 Å². The van der Waals surface area contributed by atoms with Crippen LogP contribution < -0.4 is 15.8 Å². The van der Waals surface area contributed by atoms with Gasteiger partial charge in [-0.2, -0.15) is 4.98 Å². The van der Waals surface area contributed by atoms with Crippen LogP contribution in [0.15, 0.2) is 47.4 Å². The van der Waals surface area contributed by atoms with Crippen molar-refractivity contribution in [3.8, 4) is 0 Å². The number of nitrogens with zero attached hydrogens (tertiary/aromatic N) is 5. The van der Waals surface area contributed by atoms with Crippen molar-refractivity contribution in [1.82, 2.24) is 19.4 Å². The first-order valence-corrected chi connectivity index (χ1v) is 12.2. The van der Waals surface area contributed by atoms with Crippen molar-refractivity contribution >= 4 is 28.4 Å². The highest BCUT2D eigenvalue weighted by atomic mass is 16.1. The summed E-state index contributed by atoms with van der Waals surface area (Å²) >= 11 is 0. The fourth-order valence-electron chi connectivity index (χ4n) is 5.51. The second-order valence-electron chi connectivity index (χ2n) is 9.85. The maximum absolute atomic E-state index is 13.0. The third-order valence-electron chi connectivity index (χ3n) is 7.44. The Morgan fingerprint density at radius 3 is 2.33 bits per heavy atom. The summed E-state index contributed by atoms with van der Waals surface area (Å²) in [5.74, 6) is 1.42. The summed E-state index contributed by atoms with van der Waals surface area (Å²) in [7, 11) is 2.17. The van der Waals surface area contributed by atoms with E-state index in [2.05, 4.69) is 65.3 Å². The lowest BCUT2D eigenvalue weighted by atomic mass is 9.78. The smallest absolute Gasteiger partial charge is 0.252 e. The maximum atomic E-state index is 13.0. The van der Waals surface area contributed by atoms with Gasteiger partial charge in [0.2, 0.25) is 5.95 Å². The van der Waals surface area contributed by atoms with Gasteiger partial charge in [-0.05, 0) is 62.1 Å². The van der Waals surface area contributed by atoms with Gasteiger partial charge in [-0.1, -0.05) is 20.3 Å². The molecule has 7 nitrogen and oxygen atoms in total. The fourth-order valence-corrected chi connectivity index (χ4v) is 5.51. The van der Waals surface area contributed by atoms with E-state index in [1.165, 1.54) is 12.1 Å². The largest absolute Gasteiger partial charge is 0.369 e. The molecule has 5 rings (SSSR count). The molecule has 3 heterocycles. The summed E-state index contributed by atoms with van der Waals surface area (Å²) in [6.07, 6.45) is 5.34. The molecule has 33 heavy (non-hydrogen) atoms. The highest BCUT2D eigenvalue weighted by molar-refractivity contribution is 5.76. The number of benzene rings is 1. The molecule has 0 amide bonds. The first-order chi connectivity index (χ1) is 16.0. The lowest BCUT2D eigenvalue weighted by molar-refractivity contribution is 0.184. The molecule has 3 aromatic rings. The Hall–Kier alpha value is -2.93. The standard InChI is InChI=1S/C26H34N6O/c1-18-5-4-6-19(2)24(18)32-23(33)12-7-20-17-27-26(29-25(20)32)28-21-8-10-22(11-9-21)31-15-13-30(3)14-16-31/h7-12,17-19,24H,4-6,13-16H2,1-3H3,(H,27,28,29). The van der Waals surface area contributed by atoms with Gasteiger partial charge in [-0.3, -0.25) is 9.36 Å². The van der Waals surface area contributed by atoms with Gasteiger partial charge in [0.1, 0.15) is 5.65 Å². The average molecular weight is 447 g/mol. The summed E-state index contributed by atoms with van der Waals surface area (Å²) in [5, 5.41) is 4.24. The van der Waals surface area contributed by atoms with Crippen molar-refractivity contribution < 1.29 is 0 Å². The van der Waals surface area contributed by atoms with Crippen molar-refractivity contribution in [3.63, 3.8) is 0 Å². The van der Waals surface area contributed by atoms with Gasteiger partial charge in [0, 0.05) is 61.2 Å². The van der Waals surface area contributed by atoms with E-state index in [-0.39, 0.29) is 11.6 Å². The van der Waals surface area contributed by atoms with Crippen LogP contribution in [-0.2, 0) is 0 Å². The van der Waals surface area contributed by atoms with Crippen LogP contribution in [-0.4, -0.2) is 52.7 Å². The molecule has 1 saturated heterocycles. The Bertz CT molecular complexity index is 1160. The number of pyridine rings is 1. The van der Waals surface area contributed by atoms with Gasteiger partial charge in [-0.25, -0.2) is 4.98 Å². The number of hydrogen-bond acceptors (Lipinski definition) is 6. The van der Waals surface area contributed by atoms with Crippen molar-refractivity contribution in [2.75, 3.05) is 43.4 Å². The molecule has 2 atom stereocenters. The molecule has 7 heteroatoms. The van der Waals surface area contributed by atoms with E-state index >= 15 is 0 Å². The molecular weight excluding hydrogens is 412 g/mol. The third-order valence-corrected chi connectivity index (χ3v) is 7.44. The Morgan fingerprint density at radius 1 is 0.939 bits per heavy atom. The molecule has 174 valence electrons. The summed E-state index contributed by atoms with van der Waals surface area (Å²) in [6, 6.07) is 12.1. The van der Waals surface area contributed by atoms with Crippen LogP contribution in [0.5, 0.6) is 0 Å². The average Bonchev–Trinajstić information content (AvgIpc) is 2.81. The molecule has 1 N–H and O–H groups in total. The van der Waals surface area contributed by atoms with Crippen molar-refractivity contribution in [3.05, 3.63) is 52.9 Å². The number of nitrogens with one attached hydrogen (secondary N) is 1. The lowest BCUT2D eigenvalue weighted by Gasteiger charge is -2.36. The predicted octanol–water partition coefficient (Wildman–Crippen LogP) is 4.28. The minimum Gasteiger partial charge on any atom is -0.369 e. The normalized spacial score (nSPS) is 24.2. The molecule has 2 unspecified atom stereocenters. The first kappa shape index (κ1) is 21.9. The number of hydrogen-bond donors (Lipinski definition) is 1. The van der Waals surface area contributed by atoms with Crippen LogP contribution in [0, 0.1) is 11.8 Å². The molecule has 1 aliphatic heterocycles. The topological polar surface area (TPSA) is 66.3 Å². The van der Waals surface area contributed by atoms with Gasteiger partial charge in [-0.15, -0.1) is 0 Å². The van der Waals surface area contributed by atoms with Gasteiger partial charge >= 0.3 is 0 Å². The molecule has 0 radical (unpaired) electrons. The van der Waals surface area contributed by atoms with Crippen LogP contribution in [0.3, 0.4) is 0 Å². The van der Waals surface area contributed by atoms with Crippen molar-refractivity contribution in [1.29, 1.82) is 0 Å². The van der Waals surface area contributed by atoms with Crippen LogP contribution in [0.4, 0.5) is 17.3 Å². The Balaban J connectivity index is 1.42. The zero-order valence-corrected chi connectivity index (χ0v) is 19.9. The number of likely N-dealkylation sites (N-methyl/N-ethyl adjacent to an activating group) is 1. The second kappa shape index (κ2) is 9.14. The number of piperazine rings is 1. The number of anilines is 3. The molecule has 0 spiro atoms. The summed E-state index contributed by atoms with van der Waals surface area (Å²) in [6.45, 7) is 8.79. The molecule has 2 aliphatic rings. The van der Waals surface area contributed by atoms with Crippen molar-refractivity contribution in [2.24, 2.45) is 11.8 Å². The summed E-state index contributed by atoms with van der Waals surface area (Å²) in [4.78, 5) is 27.1. The summed E-state index contributed by atoms with van der Waals surface area (Å²) < 4.78 is 1.92. The number of rotatable bonds is 4.